The smallest absolute Gasteiger partial charge is 0.247 e. The SMILES string of the molecule is COc1ccc(F)cc1S(=O)(=O)N(C)CC(=O)Nc1ccc(CC#N)cc1. The molecule has 0 bridgehead atoms. The summed E-state index contributed by atoms with van der Waals surface area (Å²) in [7, 11) is -1.64. The number of hydrogen-bond acceptors (Lipinski definition) is 5. The summed E-state index contributed by atoms with van der Waals surface area (Å²) in [6, 6.07) is 11.8. The third kappa shape index (κ3) is 5.03. The first-order valence-electron chi connectivity index (χ1n) is 7.83. The average molecular weight is 391 g/mol. The Balaban J connectivity index is 2.11. The van der Waals surface area contributed by atoms with Crippen molar-refractivity contribution in [1.82, 2.24) is 4.31 Å². The molecule has 2 rings (SSSR count). The van der Waals surface area contributed by atoms with E-state index >= 15 is 0 Å². The van der Waals surface area contributed by atoms with Gasteiger partial charge in [-0.3, -0.25) is 4.79 Å². The number of sulfonamides is 1. The second-order valence-corrected chi connectivity index (χ2v) is 7.65. The van der Waals surface area contributed by atoms with Gasteiger partial charge in [0.2, 0.25) is 15.9 Å². The molecule has 0 aliphatic heterocycles. The molecule has 2 aromatic carbocycles. The second kappa shape index (κ2) is 8.62. The number of likely N-dealkylation sites (N-methyl/N-ethyl adjacent to an activating group) is 1. The Bertz CT molecular complexity index is 969. The van der Waals surface area contributed by atoms with Crippen LogP contribution in [0.4, 0.5) is 10.1 Å². The van der Waals surface area contributed by atoms with Crippen LogP contribution < -0.4 is 10.1 Å². The molecule has 0 atom stereocenters. The fourth-order valence-corrected chi connectivity index (χ4v) is 3.60. The standard InChI is InChI=1S/C18H18FN3O4S/c1-22(27(24,25)17-11-14(19)5-8-16(17)26-2)12-18(23)21-15-6-3-13(4-7-15)9-10-20/h3-8,11H,9,12H2,1-2H3,(H,21,23). The van der Waals surface area contributed by atoms with Crippen molar-refractivity contribution in [1.29, 1.82) is 5.26 Å². The largest absolute Gasteiger partial charge is 0.495 e. The highest BCUT2D eigenvalue weighted by molar-refractivity contribution is 7.89. The number of carbonyl (C=O) groups is 1. The van der Waals surface area contributed by atoms with E-state index < -0.39 is 28.3 Å². The minimum Gasteiger partial charge on any atom is -0.495 e. The summed E-state index contributed by atoms with van der Waals surface area (Å²) in [6.07, 6.45) is 0.255. The highest BCUT2D eigenvalue weighted by Crippen LogP contribution is 2.26. The van der Waals surface area contributed by atoms with Gasteiger partial charge in [-0.1, -0.05) is 12.1 Å². The molecule has 9 heteroatoms. The number of halogens is 1. The van der Waals surface area contributed by atoms with Crippen molar-refractivity contribution in [2.75, 3.05) is 26.0 Å². The number of methoxy groups -OCH3 is 1. The van der Waals surface area contributed by atoms with Gasteiger partial charge in [0.25, 0.3) is 0 Å². The number of ether oxygens (including phenoxy) is 1. The van der Waals surface area contributed by atoms with Gasteiger partial charge < -0.3 is 10.1 Å². The first-order chi connectivity index (χ1) is 12.8. The van der Waals surface area contributed by atoms with Gasteiger partial charge in [0, 0.05) is 12.7 Å². The molecular weight excluding hydrogens is 373 g/mol. The number of benzene rings is 2. The van der Waals surface area contributed by atoms with Gasteiger partial charge in [-0.25, -0.2) is 12.8 Å². The molecule has 0 heterocycles. The lowest BCUT2D eigenvalue weighted by molar-refractivity contribution is -0.116. The number of hydrogen-bond donors (Lipinski definition) is 1. The molecule has 27 heavy (non-hydrogen) atoms. The topological polar surface area (TPSA) is 99.5 Å². The van der Waals surface area contributed by atoms with Gasteiger partial charge >= 0.3 is 0 Å². The summed E-state index contributed by atoms with van der Waals surface area (Å²) in [5.41, 5.74) is 1.27. The summed E-state index contributed by atoms with van der Waals surface area (Å²) >= 11 is 0. The Hall–Kier alpha value is -2.96. The molecule has 1 amide bonds. The highest BCUT2D eigenvalue weighted by atomic mass is 32.2. The number of anilines is 1. The second-order valence-electron chi connectivity index (χ2n) is 5.64. The minimum atomic E-state index is -4.13. The van der Waals surface area contributed by atoms with Crippen molar-refractivity contribution < 1.29 is 22.3 Å². The monoisotopic (exact) mass is 391 g/mol. The van der Waals surface area contributed by atoms with E-state index in [1.165, 1.54) is 20.2 Å². The van der Waals surface area contributed by atoms with Crippen molar-refractivity contribution in [3.05, 3.63) is 53.8 Å². The maximum Gasteiger partial charge on any atom is 0.247 e. The number of amides is 1. The van der Waals surface area contributed by atoms with Gasteiger partial charge in [-0.05, 0) is 35.9 Å². The average Bonchev–Trinajstić information content (AvgIpc) is 2.63. The van der Waals surface area contributed by atoms with Crippen LogP contribution >= 0.6 is 0 Å². The lowest BCUT2D eigenvalue weighted by Crippen LogP contribution is -2.35. The Labute approximate surface area is 157 Å². The van der Waals surface area contributed by atoms with E-state index in [9.17, 15) is 17.6 Å². The number of nitrogens with zero attached hydrogens (tertiary/aromatic N) is 2. The van der Waals surface area contributed by atoms with Crippen molar-refractivity contribution in [3.8, 4) is 11.8 Å². The first-order valence-corrected chi connectivity index (χ1v) is 9.27. The molecule has 0 fully saturated rings. The molecule has 0 aliphatic rings. The van der Waals surface area contributed by atoms with Crippen molar-refractivity contribution in [2.24, 2.45) is 0 Å². The van der Waals surface area contributed by atoms with Gasteiger partial charge in [-0.2, -0.15) is 9.57 Å². The van der Waals surface area contributed by atoms with Crippen LogP contribution in [-0.4, -0.2) is 39.3 Å². The fraction of sp³-hybridized carbons (Fsp3) is 0.222. The molecular formula is C18H18FN3O4S. The van der Waals surface area contributed by atoms with Crippen LogP contribution in [0.3, 0.4) is 0 Å². The van der Waals surface area contributed by atoms with Crippen LogP contribution in [0.5, 0.6) is 5.75 Å². The van der Waals surface area contributed by atoms with Crippen LogP contribution in [0.1, 0.15) is 5.56 Å². The Kier molecular flexibility index (Phi) is 6.50. The molecule has 2 aromatic rings. The third-order valence-electron chi connectivity index (χ3n) is 3.70. The first kappa shape index (κ1) is 20.4. The zero-order valence-corrected chi connectivity index (χ0v) is 15.6. The van der Waals surface area contributed by atoms with E-state index in [4.69, 9.17) is 10.00 Å². The number of nitriles is 1. The molecule has 0 saturated heterocycles. The van der Waals surface area contributed by atoms with E-state index in [-0.39, 0.29) is 17.1 Å². The van der Waals surface area contributed by atoms with E-state index in [0.29, 0.717) is 5.69 Å². The summed E-state index contributed by atoms with van der Waals surface area (Å²) in [5, 5.41) is 11.2. The van der Waals surface area contributed by atoms with Crippen LogP contribution in [0.25, 0.3) is 0 Å². The predicted octanol–water partition coefficient (Wildman–Crippen LogP) is 2.16. The van der Waals surface area contributed by atoms with Crippen molar-refractivity contribution in [3.63, 3.8) is 0 Å². The molecule has 0 aliphatic carbocycles. The summed E-state index contributed by atoms with van der Waals surface area (Å²) in [6.45, 7) is -0.470. The predicted molar refractivity (Wildman–Crippen MR) is 97.2 cm³/mol. The maximum absolute atomic E-state index is 13.5. The van der Waals surface area contributed by atoms with E-state index in [1.54, 1.807) is 24.3 Å². The van der Waals surface area contributed by atoms with Crippen LogP contribution in [0.15, 0.2) is 47.4 Å². The Morgan fingerprint density at radius 1 is 1.26 bits per heavy atom. The summed E-state index contributed by atoms with van der Waals surface area (Å²) in [4.78, 5) is 11.8. The highest BCUT2D eigenvalue weighted by Gasteiger charge is 2.27. The van der Waals surface area contributed by atoms with Gasteiger partial charge in [0.05, 0.1) is 26.1 Å². The third-order valence-corrected chi connectivity index (χ3v) is 5.53. The van der Waals surface area contributed by atoms with E-state index in [0.717, 1.165) is 22.0 Å². The fourth-order valence-electron chi connectivity index (χ4n) is 2.30. The van der Waals surface area contributed by atoms with Crippen LogP contribution in [-0.2, 0) is 21.2 Å². The van der Waals surface area contributed by atoms with Crippen LogP contribution in [0, 0.1) is 17.1 Å². The molecule has 0 radical (unpaired) electrons. The Morgan fingerprint density at radius 2 is 1.93 bits per heavy atom. The van der Waals surface area contributed by atoms with Gasteiger partial charge in [0.1, 0.15) is 16.5 Å². The quantitative estimate of drug-likeness (QED) is 0.780. The van der Waals surface area contributed by atoms with E-state index in [1.807, 2.05) is 6.07 Å². The lowest BCUT2D eigenvalue weighted by Gasteiger charge is -2.18. The van der Waals surface area contributed by atoms with E-state index in [2.05, 4.69) is 5.32 Å². The Morgan fingerprint density at radius 3 is 2.52 bits per heavy atom. The molecule has 0 aromatic heterocycles. The maximum atomic E-state index is 13.5. The minimum absolute atomic E-state index is 0.0169. The molecule has 1 N–H and O–H groups in total. The number of carbonyl (C=O) groups excluding carboxylic acids is 1. The van der Waals surface area contributed by atoms with Crippen molar-refractivity contribution in [2.45, 2.75) is 11.3 Å². The van der Waals surface area contributed by atoms with Crippen LogP contribution in [0.2, 0.25) is 0 Å². The summed E-state index contributed by atoms with van der Waals surface area (Å²) < 4.78 is 44.5. The number of rotatable bonds is 7. The lowest BCUT2D eigenvalue weighted by atomic mass is 10.1. The molecule has 0 unspecified atom stereocenters. The zero-order chi connectivity index (χ0) is 20.0. The number of nitrogens with one attached hydrogen (secondary N) is 1. The molecule has 0 spiro atoms. The normalized spacial score (nSPS) is 11.1. The summed E-state index contributed by atoms with van der Waals surface area (Å²) in [5.74, 6) is -1.31. The zero-order valence-electron chi connectivity index (χ0n) is 14.8. The van der Waals surface area contributed by atoms with Gasteiger partial charge in [-0.15, -0.1) is 0 Å². The molecule has 0 saturated carbocycles. The molecule has 142 valence electrons. The van der Waals surface area contributed by atoms with Gasteiger partial charge in [0.15, 0.2) is 0 Å². The molecule has 7 nitrogen and oxygen atoms in total. The van der Waals surface area contributed by atoms with Crippen molar-refractivity contribution >= 4 is 21.6 Å².